The van der Waals surface area contributed by atoms with Crippen molar-refractivity contribution in [3.8, 4) is 0 Å². The predicted octanol–water partition coefficient (Wildman–Crippen LogP) is 6.29. The molecule has 0 aliphatic rings. The Morgan fingerprint density at radius 1 is 0.735 bits per heavy atom. The van der Waals surface area contributed by atoms with E-state index in [0.717, 1.165) is 0 Å². The highest BCUT2D eigenvalue weighted by Gasteiger charge is 2.33. The summed E-state index contributed by atoms with van der Waals surface area (Å²) in [7, 11) is -4.84. The van der Waals surface area contributed by atoms with E-state index in [1.165, 1.54) is 89.9 Å². The minimum absolute atomic E-state index is 1.16. The van der Waals surface area contributed by atoms with E-state index in [1.807, 2.05) is 0 Å². The molecule has 1 aromatic carbocycles. The average molecular weight is 501 g/mol. The van der Waals surface area contributed by atoms with E-state index in [-0.39, 0.29) is 0 Å². The largest absolute Gasteiger partial charge is 0.481 e. The molecule has 7 nitrogen and oxygen atoms in total. The van der Waals surface area contributed by atoms with Gasteiger partial charge in [-0.25, -0.2) is 0 Å². The Kier molecular flexibility index (Phi) is 18.3. The number of aryl methyl sites for hydroxylation is 2. The molecule has 0 aliphatic heterocycles. The smallest absolute Gasteiger partial charge is 0.325 e. The number of hydrogen-bond donors (Lipinski definition) is 3. The van der Waals surface area contributed by atoms with Crippen molar-refractivity contribution in [3.05, 3.63) is 35.4 Å². The number of hydrogen-bond acceptors (Lipinski definition) is 4. The Balaban J connectivity index is 0.000000770. The molecule has 0 amide bonds. The number of rotatable bonds is 18. The third-order valence-electron chi connectivity index (χ3n) is 5.71. The molecule has 1 unspecified atom stereocenters. The van der Waals surface area contributed by atoms with Gasteiger partial charge in [0, 0.05) is 0 Å². The van der Waals surface area contributed by atoms with Crippen LogP contribution in [-0.2, 0) is 32.5 Å². The second kappa shape index (κ2) is 19.4. The lowest BCUT2D eigenvalue weighted by molar-refractivity contribution is -0.143. The normalized spacial score (nSPS) is 12.0. The second-order valence-corrected chi connectivity index (χ2v) is 10.3. The van der Waals surface area contributed by atoms with Crippen molar-refractivity contribution < 1.29 is 32.8 Å². The van der Waals surface area contributed by atoms with Gasteiger partial charge in [0.2, 0.25) is 0 Å². The minimum Gasteiger partial charge on any atom is -0.481 e. The summed E-state index contributed by atoms with van der Waals surface area (Å²) in [5, 5.41) is 13.9. The molecule has 0 spiro atoms. The summed E-state index contributed by atoms with van der Waals surface area (Å²) in [6, 6.07) is 9.16. The van der Waals surface area contributed by atoms with Crippen LogP contribution in [0.25, 0.3) is 0 Å². The number of carboxylic acids is 2. The summed E-state index contributed by atoms with van der Waals surface area (Å²) in [6.07, 6.45) is 18.2. The monoisotopic (exact) mass is 500 g/mol. The van der Waals surface area contributed by atoms with Gasteiger partial charge in [0.1, 0.15) is 0 Å². The first-order chi connectivity index (χ1) is 16.1. The zero-order valence-corrected chi connectivity index (χ0v) is 21.7. The summed E-state index contributed by atoms with van der Waals surface area (Å²) >= 11 is 0. The topological polar surface area (TPSA) is 129 Å². The van der Waals surface area contributed by atoms with Gasteiger partial charge in [0.05, 0.1) is 6.42 Å². The van der Waals surface area contributed by atoms with Crippen LogP contribution in [0.3, 0.4) is 0 Å². The fraction of sp³-hybridized carbons (Fsp3) is 0.692. The highest BCUT2D eigenvalue weighted by molar-refractivity contribution is 7.87. The Morgan fingerprint density at radius 3 is 1.41 bits per heavy atom. The molecule has 3 N–H and O–H groups in total. The van der Waals surface area contributed by atoms with Crippen molar-refractivity contribution in [1.29, 1.82) is 0 Å². The first-order valence-corrected chi connectivity index (χ1v) is 14.1. The third kappa shape index (κ3) is 16.6. The van der Waals surface area contributed by atoms with E-state index in [4.69, 9.17) is 14.8 Å². The van der Waals surface area contributed by atoms with Crippen LogP contribution in [0, 0.1) is 0 Å². The fourth-order valence-corrected chi connectivity index (χ4v) is 4.32. The average Bonchev–Trinajstić information content (AvgIpc) is 2.77. The quantitative estimate of drug-likeness (QED) is 0.159. The van der Waals surface area contributed by atoms with Gasteiger partial charge in [0.25, 0.3) is 10.1 Å². The molecule has 0 heterocycles. The first-order valence-electron chi connectivity index (χ1n) is 12.6. The van der Waals surface area contributed by atoms with Gasteiger partial charge < -0.3 is 10.2 Å². The van der Waals surface area contributed by atoms with Crippen LogP contribution in [-0.4, -0.2) is 40.4 Å². The lowest BCUT2D eigenvalue weighted by atomic mass is 9.96. The Bertz CT molecular complexity index is 755. The lowest BCUT2D eigenvalue weighted by Gasteiger charge is -2.09. The second-order valence-electron chi connectivity index (χ2n) is 8.74. The molecule has 0 saturated carbocycles. The predicted molar refractivity (Wildman–Crippen MR) is 136 cm³/mol. The SMILES string of the molecule is CCCCCCCCc1ccccc1CCCCCCCC.O=C(O)CC(C(=O)O)S(=O)(=O)O. The maximum absolute atomic E-state index is 10.2. The minimum atomic E-state index is -4.84. The van der Waals surface area contributed by atoms with Crippen molar-refractivity contribution in [1.82, 2.24) is 0 Å². The molecule has 0 radical (unpaired) electrons. The molecule has 196 valence electrons. The van der Waals surface area contributed by atoms with E-state index >= 15 is 0 Å². The standard InChI is InChI=1S/C22H38.C4H6O7S/c1-3-5-7-9-11-13-17-21-19-15-16-20-22(21)18-14-12-10-8-6-4-2;5-3(6)1-2(4(7)8)12(9,10)11/h15-16,19-20H,3-14,17-18H2,1-2H3;2H,1H2,(H,5,6)(H,7,8)(H,9,10,11). The summed E-state index contributed by atoms with van der Waals surface area (Å²) in [6.45, 7) is 4.58. The number of unbranched alkanes of at least 4 members (excludes halogenated alkanes) is 10. The molecule has 0 aliphatic carbocycles. The molecule has 0 aromatic heterocycles. The van der Waals surface area contributed by atoms with Gasteiger partial charge in [-0.05, 0) is 36.8 Å². The van der Waals surface area contributed by atoms with Crippen LogP contribution in [0.4, 0.5) is 0 Å². The summed E-state index contributed by atoms with van der Waals surface area (Å²) in [5.41, 5.74) is 3.23. The zero-order valence-electron chi connectivity index (χ0n) is 20.9. The highest BCUT2D eigenvalue weighted by atomic mass is 32.2. The summed E-state index contributed by atoms with van der Waals surface area (Å²) < 4.78 is 28.7. The Labute approximate surface area is 205 Å². The summed E-state index contributed by atoms with van der Waals surface area (Å²) in [5.74, 6) is -3.50. The summed E-state index contributed by atoms with van der Waals surface area (Å²) in [4.78, 5) is 20.0. The van der Waals surface area contributed by atoms with Crippen molar-refractivity contribution in [2.24, 2.45) is 0 Å². The first kappa shape index (κ1) is 32.1. The van der Waals surface area contributed by atoms with Crippen molar-refractivity contribution in [2.75, 3.05) is 0 Å². The van der Waals surface area contributed by atoms with Crippen LogP contribution in [0.1, 0.15) is 108 Å². The number of aliphatic carboxylic acids is 2. The zero-order chi connectivity index (χ0) is 25.8. The van der Waals surface area contributed by atoms with Gasteiger partial charge in [-0.15, -0.1) is 0 Å². The molecule has 1 rings (SSSR count). The molecule has 8 heteroatoms. The molecule has 0 saturated heterocycles. The molecule has 0 bridgehead atoms. The molecule has 1 atom stereocenters. The van der Waals surface area contributed by atoms with E-state index in [0.29, 0.717) is 0 Å². The Morgan fingerprint density at radius 2 is 1.12 bits per heavy atom. The third-order valence-corrected chi connectivity index (χ3v) is 6.80. The fourth-order valence-electron chi connectivity index (χ4n) is 3.72. The van der Waals surface area contributed by atoms with Gasteiger partial charge in [-0.1, -0.05) is 102 Å². The molecular formula is C26H44O7S. The Hall–Kier alpha value is -1.93. The van der Waals surface area contributed by atoms with Gasteiger partial charge >= 0.3 is 11.9 Å². The van der Waals surface area contributed by atoms with Crippen molar-refractivity contribution >= 4 is 22.1 Å². The van der Waals surface area contributed by atoms with Crippen LogP contribution < -0.4 is 0 Å². The van der Waals surface area contributed by atoms with Gasteiger partial charge in [0.15, 0.2) is 5.25 Å². The maximum atomic E-state index is 10.2. The number of carbonyl (C=O) groups is 2. The van der Waals surface area contributed by atoms with E-state index < -0.39 is 33.7 Å². The van der Waals surface area contributed by atoms with Crippen LogP contribution >= 0.6 is 0 Å². The lowest BCUT2D eigenvalue weighted by Crippen LogP contribution is -2.31. The van der Waals surface area contributed by atoms with Crippen LogP contribution in [0.2, 0.25) is 0 Å². The number of benzene rings is 1. The number of carboxylic acid groups (broad SMARTS) is 2. The van der Waals surface area contributed by atoms with E-state index in [9.17, 15) is 18.0 Å². The molecule has 1 aromatic rings. The van der Waals surface area contributed by atoms with Crippen LogP contribution in [0.5, 0.6) is 0 Å². The van der Waals surface area contributed by atoms with Gasteiger partial charge in [-0.2, -0.15) is 8.42 Å². The molecular weight excluding hydrogens is 456 g/mol. The van der Waals surface area contributed by atoms with Gasteiger partial charge in [-0.3, -0.25) is 14.1 Å². The molecule has 34 heavy (non-hydrogen) atoms. The van der Waals surface area contributed by atoms with Crippen LogP contribution in [0.15, 0.2) is 24.3 Å². The molecule has 0 fully saturated rings. The highest BCUT2D eigenvalue weighted by Crippen LogP contribution is 2.17. The van der Waals surface area contributed by atoms with Crippen molar-refractivity contribution in [2.45, 2.75) is 115 Å². The van der Waals surface area contributed by atoms with Crippen molar-refractivity contribution in [3.63, 3.8) is 0 Å². The van der Waals surface area contributed by atoms with E-state index in [1.54, 1.807) is 11.1 Å². The van der Waals surface area contributed by atoms with E-state index in [2.05, 4.69) is 38.1 Å². The maximum Gasteiger partial charge on any atom is 0.325 e.